The highest BCUT2D eigenvalue weighted by molar-refractivity contribution is 7.92. The number of rotatable bonds is 6. The smallest absolute Gasteiger partial charge is 0.255 e. The summed E-state index contributed by atoms with van der Waals surface area (Å²) < 4.78 is 31.0. The molecule has 0 aliphatic carbocycles. The first-order chi connectivity index (χ1) is 13.8. The van der Waals surface area contributed by atoms with Crippen LogP contribution in [-0.2, 0) is 10.0 Å². The van der Waals surface area contributed by atoms with Crippen LogP contribution in [0, 0.1) is 0 Å². The minimum Gasteiger partial charge on any atom is -0.496 e. The first-order valence-electron chi connectivity index (χ1n) is 8.89. The number of nitrogens with one attached hydrogen (secondary N) is 1. The maximum absolute atomic E-state index is 12.7. The van der Waals surface area contributed by atoms with Crippen molar-refractivity contribution in [3.63, 3.8) is 0 Å². The van der Waals surface area contributed by atoms with Crippen molar-refractivity contribution in [3.05, 3.63) is 78.4 Å². The molecule has 0 atom stereocenters. The van der Waals surface area contributed by atoms with E-state index < -0.39 is 10.0 Å². The topological polar surface area (TPSA) is 75.7 Å². The third-order valence-electron chi connectivity index (χ3n) is 4.52. The molecule has 0 bridgehead atoms. The molecule has 3 rings (SSSR count). The summed E-state index contributed by atoms with van der Waals surface area (Å²) in [6.45, 7) is 0. The van der Waals surface area contributed by atoms with Crippen molar-refractivity contribution in [1.82, 2.24) is 0 Å². The zero-order valence-corrected chi connectivity index (χ0v) is 17.2. The van der Waals surface area contributed by atoms with Crippen LogP contribution in [0.5, 0.6) is 5.75 Å². The van der Waals surface area contributed by atoms with Gasteiger partial charge < -0.3 is 10.1 Å². The average molecular weight is 410 g/mol. The second kappa shape index (κ2) is 8.36. The largest absolute Gasteiger partial charge is 0.496 e. The fourth-order valence-electron chi connectivity index (χ4n) is 2.90. The fourth-order valence-corrected chi connectivity index (χ4v) is 3.41. The molecular formula is C22H22N2O4S. The molecule has 1 amide bonds. The van der Waals surface area contributed by atoms with Gasteiger partial charge in [-0.1, -0.05) is 48.5 Å². The van der Waals surface area contributed by atoms with Gasteiger partial charge in [0.15, 0.2) is 0 Å². The summed E-state index contributed by atoms with van der Waals surface area (Å²) in [4.78, 5) is 12.7. The monoisotopic (exact) mass is 410 g/mol. The van der Waals surface area contributed by atoms with E-state index in [9.17, 15) is 13.2 Å². The van der Waals surface area contributed by atoms with E-state index in [-0.39, 0.29) is 5.91 Å². The Morgan fingerprint density at radius 1 is 0.966 bits per heavy atom. The normalized spacial score (nSPS) is 11.0. The van der Waals surface area contributed by atoms with E-state index in [4.69, 9.17) is 4.74 Å². The van der Waals surface area contributed by atoms with Gasteiger partial charge in [-0.15, -0.1) is 0 Å². The van der Waals surface area contributed by atoms with Crippen molar-refractivity contribution < 1.29 is 17.9 Å². The Morgan fingerprint density at radius 3 is 2.10 bits per heavy atom. The van der Waals surface area contributed by atoms with Gasteiger partial charge in [-0.25, -0.2) is 8.42 Å². The number of carbonyl (C=O) groups is 1. The van der Waals surface area contributed by atoms with Crippen LogP contribution in [0.15, 0.2) is 72.8 Å². The molecule has 0 spiro atoms. The van der Waals surface area contributed by atoms with Gasteiger partial charge in [-0.2, -0.15) is 0 Å². The van der Waals surface area contributed by atoms with E-state index in [1.807, 2.05) is 36.4 Å². The van der Waals surface area contributed by atoms with Crippen LogP contribution >= 0.6 is 0 Å². The number of carbonyl (C=O) groups excluding carboxylic acids is 1. The van der Waals surface area contributed by atoms with Crippen molar-refractivity contribution >= 4 is 27.3 Å². The lowest BCUT2D eigenvalue weighted by atomic mass is 10.0. The lowest BCUT2D eigenvalue weighted by Crippen LogP contribution is -2.26. The second-order valence-corrected chi connectivity index (χ2v) is 8.50. The zero-order chi connectivity index (χ0) is 21.0. The number of hydrogen-bond acceptors (Lipinski definition) is 4. The van der Waals surface area contributed by atoms with Crippen molar-refractivity contribution in [2.75, 3.05) is 30.0 Å². The first kappa shape index (κ1) is 20.4. The maximum atomic E-state index is 12.7. The van der Waals surface area contributed by atoms with Crippen LogP contribution in [-0.4, -0.2) is 34.7 Å². The molecule has 7 heteroatoms. The van der Waals surface area contributed by atoms with Crippen LogP contribution in [0.4, 0.5) is 11.4 Å². The summed E-state index contributed by atoms with van der Waals surface area (Å²) in [5.41, 5.74) is 2.77. The summed E-state index contributed by atoms with van der Waals surface area (Å²) in [7, 11) is -0.598. The second-order valence-electron chi connectivity index (χ2n) is 6.49. The quantitative estimate of drug-likeness (QED) is 0.666. The van der Waals surface area contributed by atoms with Crippen molar-refractivity contribution in [2.45, 2.75) is 0 Å². The summed E-state index contributed by atoms with van der Waals surface area (Å²) >= 11 is 0. The lowest BCUT2D eigenvalue weighted by Gasteiger charge is -2.23. The molecule has 0 saturated carbocycles. The molecule has 3 aromatic rings. The number of hydrogen-bond donors (Lipinski definition) is 1. The fraction of sp³-hybridized carbons (Fsp3) is 0.136. The number of anilines is 2. The molecule has 0 aliphatic rings. The molecule has 0 aromatic heterocycles. The molecule has 0 saturated heterocycles. The first-order valence-corrected chi connectivity index (χ1v) is 10.7. The molecule has 0 aliphatic heterocycles. The molecule has 150 valence electrons. The number of amides is 1. The highest BCUT2D eigenvalue weighted by atomic mass is 32.2. The molecule has 1 N–H and O–H groups in total. The van der Waals surface area contributed by atoms with Crippen LogP contribution in [0.1, 0.15) is 10.4 Å². The number of methoxy groups -OCH3 is 1. The zero-order valence-electron chi connectivity index (χ0n) is 16.4. The molecule has 0 heterocycles. The number of ether oxygens (including phenoxy) is 1. The van der Waals surface area contributed by atoms with E-state index in [1.54, 1.807) is 36.4 Å². The Hall–Kier alpha value is -3.32. The third-order valence-corrected chi connectivity index (χ3v) is 5.72. The molecule has 3 aromatic carbocycles. The van der Waals surface area contributed by atoms with E-state index >= 15 is 0 Å². The number of nitrogens with zero attached hydrogens (tertiary/aromatic N) is 1. The SMILES string of the molecule is COc1cc(N(C)S(C)(=O)=O)c(NC(=O)c2ccccc2)cc1-c1ccccc1. The minimum absolute atomic E-state index is 0.313. The van der Waals surface area contributed by atoms with E-state index in [2.05, 4.69) is 5.32 Å². The Morgan fingerprint density at radius 2 is 1.55 bits per heavy atom. The average Bonchev–Trinajstić information content (AvgIpc) is 2.73. The highest BCUT2D eigenvalue weighted by Gasteiger charge is 2.21. The van der Waals surface area contributed by atoms with Gasteiger partial charge in [-0.05, 0) is 23.8 Å². The van der Waals surface area contributed by atoms with Gasteiger partial charge in [0.25, 0.3) is 5.91 Å². The maximum Gasteiger partial charge on any atom is 0.255 e. The van der Waals surface area contributed by atoms with Gasteiger partial charge in [0.05, 0.1) is 24.7 Å². The predicted octanol–water partition coefficient (Wildman–Crippen LogP) is 4.01. The van der Waals surface area contributed by atoms with Gasteiger partial charge in [0, 0.05) is 24.2 Å². The van der Waals surface area contributed by atoms with Crippen LogP contribution in [0.25, 0.3) is 11.1 Å². The van der Waals surface area contributed by atoms with Crippen LogP contribution in [0.2, 0.25) is 0 Å². The van der Waals surface area contributed by atoms with Crippen LogP contribution < -0.4 is 14.4 Å². The Labute approximate surface area is 170 Å². The molecular weight excluding hydrogens is 388 g/mol. The standard InChI is InChI=1S/C22H22N2O4S/c1-24(29(3,26)27)20-15-21(28-2)18(16-10-6-4-7-11-16)14-19(20)23-22(25)17-12-8-5-9-13-17/h4-15H,1-3H3,(H,23,25). The van der Waals surface area contributed by atoms with Gasteiger partial charge in [0.2, 0.25) is 10.0 Å². The van der Waals surface area contributed by atoms with E-state index in [1.165, 1.54) is 14.2 Å². The Balaban J connectivity index is 2.15. The third kappa shape index (κ3) is 4.57. The number of benzene rings is 3. The predicted molar refractivity (Wildman–Crippen MR) is 116 cm³/mol. The lowest BCUT2D eigenvalue weighted by molar-refractivity contribution is 0.102. The highest BCUT2D eigenvalue weighted by Crippen LogP contribution is 2.39. The van der Waals surface area contributed by atoms with Gasteiger partial charge >= 0.3 is 0 Å². The molecule has 6 nitrogen and oxygen atoms in total. The Bertz CT molecular complexity index is 1110. The molecule has 0 fully saturated rings. The Kier molecular flexibility index (Phi) is 5.89. The summed E-state index contributed by atoms with van der Waals surface area (Å²) in [5, 5.41) is 2.84. The van der Waals surface area contributed by atoms with E-state index in [0.717, 1.165) is 21.7 Å². The van der Waals surface area contributed by atoms with Crippen molar-refractivity contribution in [2.24, 2.45) is 0 Å². The molecule has 0 unspecified atom stereocenters. The molecule has 29 heavy (non-hydrogen) atoms. The minimum atomic E-state index is -3.55. The number of sulfonamides is 1. The van der Waals surface area contributed by atoms with Gasteiger partial charge in [-0.3, -0.25) is 9.10 Å². The van der Waals surface area contributed by atoms with Crippen molar-refractivity contribution in [1.29, 1.82) is 0 Å². The van der Waals surface area contributed by atoms with Crippen LogP contribution in [0.3, 0.4) is 0 Å². The van der Waals surface area contributed by atoms with E-state index in [0.29, 0.717) is 22.7 Å². The summed E-state index contributed by atoms with van der Waals surface area (Å²) in [5.74, 6) is 0.164. The van der Waals surface area contributed by atoms with Gasteiger partial charge in [0.1, 0.15) is 5.75 Å². The molecule has 0 radical (unpaired) electrons. The summed E-state index contributed by atoms with van der Waals surface area (Å²) in [6.07, 6.45) is 1.10. The van der Waals surface area contributed by atoms with Crippen molar-refractivity contribution in [3.8, 4) is 16.9 Å². The summed E-state index contributed by atoms with van der Waals surface area (Å²) in [6, 6.07) is 21.6.